The third kappa shape index (κ3) is 4.58. The van der Waals surface area contributed by atoms with E-state index in [-0.39, 0.29) is 5.91 Å². The van der Waals surface area contributed by atoms with E-state index in [1.807, 2.05) is 25.1 Å². The Bertz CT molecular complexity index is 459. The van der Waals surface area contributed by atoms with Crippen molar-refractivity contribution in [1.29, 1.82) is 0 Å². The number of hydrogen-bond acceptors (Lipinski definition) is 3. The third-order valence-corrected chi connectivity index (χ3v) is 4.35. The van der Waals surface area contributed by atoms with Gasteiger partial charge in [-0.25, -0.2) is 0 Å². The van der Waals surface area contributed by atoms with Gasteiger partial charge < -0.3 is 10.1 Å². The van der Waals surface area contributed by atoms with E-state index in [2.05, 4.69) is 26.1 Å². The number of ether oxygens (including phenoxy) is 1. The number of carbonyl (C=O) groups is 1. The van der Waals surface area contributed by atoms with Gasteiger partial charge in [0.25, 0.3) is 5.91 Å². The molecule has 0 spiro atoms. The Labute approximate surface area is 128 Å². The number of benzene rings is 1. The lowest BCUT2D eigenvalue weighted by Crippen LogP contribution is -2.38. The fraction of sp³-hybridized carbons (Fsp3) is 0.533. The minimum atomic E-state index is 0.00239. The Morgan fingerprint density at radius 2 is 2.15 bits per heavy atom. The summed E-state index contributed by atoms with van der Waals surface area (Å²) in [5, 5.41) is 2.97. The van der Waals surface area contributed by atoms with Gasteiger partial charge in [-0.1, -0.05) is 15.9 Å². The number of amides is 1. The van der Waals surface area contributed by atoms with Crippen molar-refractivity contribution in [3.05, 3.63) is 33.8 Å². The zero-order valence-corrected chi connectivity index (χ0v) is 13.4. The van der Waals surface area contributed by atoms with Crippen LogP contribution >= 0.6 is 15.9 Å². The summed E-state index contributed by atoms with van der Waals surface area (Å²) in [4.78, 5) is 14.4. The highest BCUT2D eigenvalue weighted by Gasteiger charge is 2.10. The molecule has 0 atom stereocenters. The molecular weight excluding hydrogens is 320 g/mol. The minimum absolute atomic E-state index is 0.00239. The fourth-order valence-corrected chi connectivity index (χ4v) is 2.46. The summed E-state index contributed by atoms with van der Waals surface area (Å²) in [6, 6.07) is 5.66. The van der Waals surface area contributed by atoms with Crippen molar-refractivity contribution in [2.75, 3.05) is 39.4 Å². The molecule has 0 aromatic heterocycles. The maximum Gasteiger partial charge on any atom is 0.251 e. The van der Waals surface area contributed by atoms with Gasteiger partial charge in [0.2, 0.25) is 0 Å². The second-order valence-electron chi connectivity index (χ2n) is 5.03. The second kappa shape index (κ2) is 7.76. The summed E-state index contributed by atoms with van der Waals surface area (Å²) in [5.41, 5.74) is 1.79. The number of carbonyl (C=O) groups excluding carboxylic acids is 1. The lowest BCUT2D eigenvalue weighted by molar-refractivity contribution is 0.0374. The van der Waals surface area contributed by atoms with Crippen molar-refractivity contribution in [1.82, 2.24) is 10.2 Å². The first kappa shape index (κ1) is 15.5. The molecule has 1 aromatic carbocycles. The van der Waals surface area contributed by atoms with Crippen LogP contribution in [0.2, 0.25) is 0 Å². The predicted octanol–water partition coefficient (Wildman–Crippen LogP) is 2.21. The molecule has 0 unspecified atom stereocenters. The quantitative estimate of drug-likeness (QED) is 0.835. The molecule has 5 heteroatoms. The van der Waals surface area contributed by atoms with Crippen molar-refractivity contribution < 1.29 is 9.53 Å². The smallest absolute Gasteiger partial charge is 0.251 e. The van der Waals surface area contributed by atoms with E-state index in [0.29, 0.717) is 6.54 Å². The molecule has 1 amide bonds. The van der Waals surface area contributed by atoms with Gasteiger partial charge in [0.05, 0.1) is 13.2 Å². The van der Waals surface area contributed by atoms with Crippen LogP contribution in [0.15, 0.2) is 22.7 Å². The standard InChI is InChI=1S/C15H21BrN2O2/c1-12-11-13(3-4-14(12)16)15(19)17-5-2-6-18-7-9-20-10-8-18/h3-4,11H,2,5-10H2,1H3,(H,17,19). The molecule has 0 radical (unpaired) electrons. The molecule has 1 heterocycles. The van der Waals surface area contributed by atoms with E-state index in [1.165, 1.54) is 0 Å². The number of aryl methyl sites for hydroxylation is 1. The molecule has 1 aromatic rings. The Balaban J connectivity index is 1.70. The molecule has 20 heavy (non-hydrogen) atoms. The van der Waals surface area contributed by atoms with Crippen molar-refractivity contribution in [3.63, 3.8) is 0 Å². The summed E-state index contributed by atoms with van der Waals surface area (Å²) in [6.07, 6.45) is 0.973. The molecule has 4 nitrogen and oxygen atoms in total. The molecule has 110 valence electrons. The van der Waals surface area contributed by atoms with Crippen molar-refractivity contribution in [3.8, 4) is 0 Å². The number of morpholine rings is 1. The van der Waals surface area contributed by atoms with E-state index >= 15 is 0 Å². The van der Waals surface area contributed by atoms with E-state index in [9.17, 15) is 4.79 Å². The molecule has 1 aliphatic heterocycles. The van der Waals surface area contributed by atoms with Gasteiger partial charge in [-0.2, -0.15) is 0 Å². The first-order chi connectivity index (χ1) is 9.66. The SMILES string of the molecule is Cc1cc(C(=O)NCCCN2CCOCC2)ccc1Br. The average Bonchev–Trinajstić information content (AvgIpc) is 2.47. The second-order valence-corrected chi connectivity index (χ2v) is 5.88. The lowest BCUT2D eigenvalue weighted by Gasteiger charge is -2.26. The van der Waals surface area contributed by atoms with Gasteiger partial charge in [0.15, 0.2) is 0 Å². The predicted molar refractivity (Wildman–Crippen MR) is 83.1 cm³/mol. The van der Waals surface area contributed by atoms with Gasteiger partial charge in [-0.15, -0.1) is 0 Å². The number of hydrogen-bond donors (Lipinski definition) is 1. The number of nitrogens with one attached hydrogen (secondary N) is 1. The van der Waals surface area contributed by atoms with Crippen molar-refractivity contribution >= 4 is 21.8 Å². The molecule has 1 saturated heterocycles. The third-order valence-electron chi connectivity index (χ3n) is 3.46. The molecule has 2 rings (SSSR count). The lowest BCUT2D eigenvalue weighted by atomic mass is 10.1. The van der Waals surface area contributed by atoms with Crippen LogP contribution in [0.4, 0.5) is 0 Å². The van der Waals surface area contributed by atoms with Crippen LogP contribution in [-0.2, 0) is 4.74 Å². The maximum atomic E-state index is 12.0. The van der Waals surface area contributed by atoms with E-state index in [4.69, 9.17) is 4.74 Å². The summed E-state index contributed by atoms with van der Waals surface area (Å²) in [7, 11) is 0. The number of halogens is 1. The van der Waals surface area contributed by atoms with Gasteiger partial charge in [-0.05, 0) is 43.7 Å². The van der Waals surface area contributed by atoms with E-state index < -0.39 is 0 Å². The van der Waals surface area contributed by atoms with Crippen LogP contribution in [0.25, 0.3) is 0 Å². The Morgan fingerprint density at radius 3 is 2.85 bits per heavy atom. The normalized spacial score (nSPS) is 16.1. The highest BCUT2D eigenvalue weighted by molar-refractivity contribution is 9.10. The minimum Gasteiger partial charge on any atom is -0.379 e. The maximum absolute atomic E-state index is 12.0. The van der Waals surface area contributed by atoms with E-state index in [0.717, 1.165) is 54.9 Å². The largest absolute Gasteiger partial charge is 0.379 e. The first-order valence-electron chi connectivity index (χ1n) is 7.01. The fourth-order valence-electron chi connectivity index (χ4n) is 2.22. The summed E-state index contributed by atoms with van der Waals surface area (Å²) < 4.78 is 6.34. The zero-order chi connectivity index (χ0) is 14.4. The molecule has 1 N–H and O–H groups in total. The van der Waals surface area contributed by atoms with Gasteiger partial charge in [0.1, 0.15) is 0 Å². The topological polar surface area (TPSA) is 41.6 Å². The van der Waals surface area contributed by atoms with Crippen LogP contribution in [0.1, 0.15) is 22.3 Å². The van der Waals surface area contributed by atoms with Crippen molar-refractivity contribution in [2.24, 2.45) is 0 Å². The van der Waals surface area contributed by atoms with Gasteiger partial charge in [0, 0.05) is 29.7 Å². The Morgan fingerprint density at radius 1 is 1.40 bits per heavy atom. The van der Waals surface area contributed by atoms with Crippen LogP contribution in [0.3, 0.4) is 0 Å². The summed E-state index contributed by atoms with van der Waals surface area (Å²) in [5.74, 6) is 0.00239. The Kier molecular flexibility index (Phi) is 6.01. The summed E-state index contributed by atoms with van der Waals surface area (Å²) >= 11 is 3.44. The van der Waals surface area contributed by atoms with Crippen LogP contribution < -0.4 is 5.32 Å². The molecule has 1 fully saturated rings. The van der Waals surface area contributed by atoms with E-state index in [1.54, 1.807) is 0 Å². The number of rotatable bonds is 5. The van der Waals surface area contributed by atoms with Crippen LogP contribution in [0, 0.1) is 6.92 Å². The molecule has 0 saturated carbocycles. The van der Waals surface area contributed by atoms with Crippen LogP contribution in [-0.4, -0.2) is 50.2 Å². The zero-order valence-electron chi connectivity index (χ0n) is 11.8. The van der Waals surface area contributed by atoms with Gasteiger partial charge >= 0.3 is 0 Å². The monoisotopic (exact) mass is 340 g/mol. The van der Waals surface area contributed by atoms with Crippen LogP contribution in [0.5, 0.6) is 0 Å². The van der Waals surface area contributed by atoms with Crippen molar-refractivity contribution in [2.45, 2.75) is 13.3 Å². The average molecular weight is 341 g/mol. The first-order valence-corrected chi connectivity index (χ1v) is 7.80. The molecular formula is C15H21BrN2O2. The van der Waals surface area contributed by atoms with Gasteiger partial charge in [-0.3, -0.25) is 9.69 Å². The summed E-state index contributed by atoms with van der Waals surface area (Å²) in [6.45, 7) is 7.36. The molecule has 0 aliphatic carbocycles. The highest BCUT2D eigenvalue weighted by atomic mass is 79.9. The Hall–Kier alpha value is -0.910. The molecule has 1 aliphatic rings. The highest BCUT2D eigenvalue weighted by Crippen LogP contribution is 2.16. The molecule has 0 bridgehead atoms. The number of nitrogens with zero attached hydrogens (tertiary/aromatic N) is 1.